The Labute approximate surface area is 145 Å². The molecule has 1 unspecified atom stereocenters. The van der Waals surface area contributed by atoms with Crippen LogP contribution in [0.5, 0.6) is 0 Å². The molecule has 0 aliphatic rings. The molecule has 0 saturated heterocycles. The summed E-state index contributed by atoms with van der Waals surface area (Å²) in [6, 6.07) is 25.1. The Bertz CT molecular complexity index is 791. The summed E-state index contributed by atoms with van der Waals surface area (Å²) in [4.78, 5) is 13.5. The molecule has 0 fully saturated rings. The predicted molar refractivity (Wildman–Crippen MR) is 103 cm³/mol. The van der Waals surface area contributed by atoms with Gasteiger partial charge in [0.05, 0.1) is 0 Å². The molecule has 0 heterocycles. The van der Waals surface area contributed by atoms with Crippen molar-refractivity contribution in [2.75, 3.05) is 0 Å². The molecule has 0 aromatic heterocycles. The number of carbonyl (C=O) groups is 1. The van der Waals surface area contributed by atoms with E-state index in [4.69, 9.17) is 0 Å². The average molecular weight is 331 g/mol. The molecule has 3 aromatic rings. The normalized spacial score (nSPS) is 10.8. The van der Waals surface area contributed by atoms with Crippen LogP contribution in [0.4, 0.5) is 0 Å². The summed E-state index contributed by atoms with van der Waals surface area (Å²) in [5, 5.41) is 2.16. The molecule has 119 valence electrons. The first-order chi connectivity index (χ1) is 11.6. The quantitative estimate of drug-likeness (QED) is 0.634. The van der Waals surface area contributed by atoms with Gasteiger partial charge in [-0.15, -0.1) is 0 Å². The molecule has 0 spiro atoms. The molecule has 1 atom stereocenters. The average Bonchev–Trinajstić information content (AvgIpc) is 2.56. The summed E-state index contributed by atoms with van der Waals surface area (Å²) in [5.41, 5.74) is 4.40. The number of carbonyl (C=O) groups excluding carboxylic acids is 1. The minimum absolute atomic E-state index is 0.220. The molecule has 3 aromatic carbocycles. The third kappa shape index (κ3) is 3.32. The first-order valence-electron chi connectivity index (χ1n) is 8.01. The molecule has 1 radical (unpaired) electrons. The lowest BCUT2D eigenvalue weighted by molar-refractivity contribution is 0.108. The molecule has 0 saturated carbocycles. The van der Waals surface area contributed by atoms with E-state index in [2.05, 4.69) is 37.3 Å². The third-order valence-electron chi connectivity index (χ3n) is 4.07. The third-order valence-corrected chi connectivity index (χ3v) is 6.33. The summed E-state index contributed by atoms with van der Waals surface area (Å²) < 4.78 is 0. The molecule has 0 aliphatic carbocycles. The zero-order chi connectivity index (χ0) is 17.1. The van der Waals surface area contributed by atoms with Crippen LogP contribution in [0.3, 0.4) is 0 Å². The molecule has 0 bridgehead atoms. The summed E-state index contributed by atoms with van der Waals surface area (Å²) in [6.07, 6.45) is 0. The van der Waals surface area contributed by atoms with E-state index in [1.165, 1.54) is 5.56 Å². The zero-order valence-corrected chi connectivity index (χ0v) is 15.1. The van der Waals surface area contributed by atoms with Crippen molar-refractivity contribution in [3.05, 3.63) is 95.1 Å². The molecular formula is C22H20OP. The largest absolute Gasteiger partial charge is 0.288 e. The Kier molecular flexibility index (Phi) is 4.92. The van der Waals surface area contributed by atoms with E-state index in [0.29, 0.717) is 0 Å². The minimum atomic E-state index is -1.09. The number of aryl methyl sites for hydroxylation is 3. The standard InChI is InChI=1S/C22H20OP/c1-16-14-17(2)21(18(3)15-16)22(23)24(19-10-6-4-7-11-19)20-12-8-5-9-13-20/h4,6-15H,1-3H3. The van der Waals surface area contributed by atoms with E-state index < -0.39 is 7.92 Å². The highest BCUT2D eigenvalue weighted by molar-refractivity contribution is 7.88. The second kappa shape index (κ2) is 7.11. The topological polar surface area (TPSA) is 17.1 Å². The molecule has 3 rings (SSSR count). The maximum atomic E-state index is 13.5. The van der Waals surface area contributed by atoms with Crippen LogP contribution in [-0.2, 0) is 0 Å². The summed E-state index contributed by atoms with van der Waals surface area (Å²) in [6.45, 7) is 6.14. The van der Waals surface area contributed by atoms with Gasteiger partial charge in [0.15, 0.2) is 5.52 Å². The van der Waals surface area contributed by atoms with Gasteiger partial charge in [0.2, 0.25) is 0 Å². The number of benzene rings is 3. The van der Waals surface area contributed by atoms with Gasteiger partial charge >= 0.3 is 0 Å². The Morgan fingerprint density at radius 3 is 1.96 bits per heavy atom. The maximum Gasteiger partial charge on any atom is 0.193 e. The maximum absolute atomic E-state index is 13.5. The van der Waals surface area contributed by atoms with Crippen LogP contribution in [0.1, 0.15) is 27.0 Å². The lowest BCUT2D eigenvalue weighted by Gasteiger charge is -2.20. The van der Waals surface area contributed by atoms with Crippen molar-refractivity contribution in [3.8, 4) is 0 Å². The van der Waals surface area contributed by atoms with E-state index in [0.717, 1.165) is 27.3 Å². The SMILES string of the molecule is Cc1cc(C)c(C(=O)P(c2cc[c]cc2)c2ccccc2)c(C)c1. The van der Waals surface area contributed by atoms with Crippen molar-refractivity contribution < 1.29 is 4.79 Å². The van der Waals surface area contributed by atoms with Gasteiger partial charge in [0.1, 0.15) is 0 Å². The molecule has 0 amide bonds. The lowest BCUT2D eigenvalue weighted by atomic mass is 10.0. The van der Waals surface area contributed by atoms with Crippen molar-refractivity contribution in [2.24, 2.45) is 0 Å². The molecule has 2 heteroatoms. The van der Waals surface area contributed by atoms with Crippen LogP contribution in [0.2, 0.25) is 0 Å². The fraction of sp³-hybridized carbons (Fsp3) is 0.136. The lowest BCUT2D eigenvalue weighted by Crippen LogP contribution is -2.19. The van der Waals surface area contributed by atoms with E-state index in [-0.39, 0.29) is 5.52 Å². The Morgan fingerprint density at radius 2 is 1.38 bits per heavy atom. The van der Waals surface area contributed by atoms with E-state index in [1.54, 1.807) is 0 Å². The minimum Gasteiger partial charge on any atom is -0.288 e. The van der Waals surface area contributed by atoms with Gasteiger partial charge in [-0.25, -0.2) is 0 Å². The van der Waals surface area contributed by atoms with Crippen LogP contribution >= 0.6 is 7.92 Å². The number of hydrogen-bond donors (Lipinski definition) is 0. The van der Waals surface area contributed by atoms with Gasteiger partial charge in [-0.05, 0) is 48.6 Å². The van der Waals surface area contributed by atoms with Crippen molar-refractivity contribution in [2.45, 2.75) is 20.8 Å². The van der Waals surface area contributed by atoms with Gasteiger partial charge in [-0.3, -0.25) is 4.79 Å². The monoisotopic (exact) mass is 331 g/mol. The van der Waals surface area contributed by atoms with Gasteiger partial charge in [0, 0.05) is 13.5 Å². The van der Waals surface area contributed by atoms with Gasteiger partial charge < -0.3 is 0 Å². The highest BCUT2D eigenvalue weighted by Crippen LogP contribution is 2.39. The first kappa shape index (κ1) is 16.6. The van der Waals surface area contributed by atoms with Gasteiger partial charge in [-0.2, -0.15) is 0 Å². The summed E-state index contributed by atoms with van der Waals surface area (Å²) >= 11 is 0. The van der Waals surface area contributed by atoms with Crippen molar-refractivity contribution in [1.29, 1.82) is 0 Å². The van der Waals surface area contributed by atoms with Crippen molar-refractivity contribution in [3.63, 3.8) is 0 Å². The zero-order valence-electron chi connectivity index (χ0n) is 14.2. The summed E-state index contributed by atoms with van der Waals surface area (Å²) in [5.74, 6) is 0. The first-order valence-corrected chi connectivity index (χ1v) is 9.35. The fourth-order valence-corrected chi connectivity index (χ4v) is 5.38. The molecule has 24 heavy (non-hydrogen) atoms. The number of rotatable bonds is 4. The number of hydrogen-bond acceptors (Lipinski definition) is 1. The Morgan fingerprint density at radius 1 is 0.833 bits per heavy atom. The van der Waals surface area contributed by atoms with E-state index in [1.807, 2.05) is 56.3 Å². The smallest absolute Gasteiger partial charge is 0.193 e. The van der Waals surface area contributed by atoms with Gasteiger partial charge in [0.25, 0.3) is 0 Å². The fourth-order valence-electron chi connectivity index (χ4n) is 3.12. The van der Waals surface area contributed by atoms with Crippen molar-refractivity contribution in [1.82, 2.24) is 0 Å². The molecule has 0 aliphatic heterocycles. The Balaban J connectivity index is 2.15. The van der Waals surface area contributed by atoms with Crippen LogP contribution < -0.4 is 10.6 Å². The predicted octanol–water partition coefficient (Wildman–Crippen LogP) is 4.69. The van der Waals surface area contributed by atoms with E-state index >= 15 is 0 Å². The van der Waals surface area contributed by atoms with Crippen LogP contribution in [0.25, 0.3) is 0 Å². The molecule has 0 N–H and O–H groups in total. The molecule has 1 nitrogen and oxygen atoms in total. The van der Waals surface area contributed by atoms with Crippen LogP contribution in [0, 0.1) is 26.8 Å². The van der Waals surface area contributed by atoms with Crippen LogP contribution in [-0.4, -0.2) is 5.52 Å². The molecular weight excluding hydrogens is 311 g/mol. The Hall–Kier alpha value is -2.24. The van der Waals surface area contributed by atoms with E-state index in [9.17, 15) is 4.79 Å². The highest BCUT2D eigenvalue weighted by Gasteiger charge is 2.26. The second-order valence-corrected chi connectivity index (χ2v) is 8.12. The second-order valence-electron chi connectivity index (χ2n) is 6.01. The highest BCUT2D eigenvalue weighted by atomic mass is 31.1. The van der Waals surface area contributed by atoms with Gasteiger partial charge in [-0.1, -0.05) is 72.3 Å². The summed E-state index contributed by atoms with van der Waals surface area (Å²) in [7, 11) is -1.09. The van der Waals surface area contributed by atoms with Crippen LogP contribution in [0.15, 0.2) is 66.7 Å². The van der Waals surface area contributed by atoms with Crippen molar-refractivity contribution >= 4 is 24.1 Å².